The Balaban J connectivity index is 2.39. The van der Waals surface area contributed by atoms with Gasteiger partial charge in [-0.3, -0.25) is 4.79 Å². The standard InChI is InChI=1S/C13H26N2O2/c1-3-17-9-8-13(6-4-5-7-13)10-15-12(16)11(2)14/h11H,3-10,14H2,1-2H3,(H,15,16)/t11-/m1/s1. The lowest BCUT2D eigenvalue weighted by atomic mass is 9.83. The molecule has 17 heavy (non-hydrogen) atoms. The summed E-state index contributed by atoms with van der Waals surface area (Å²) in [4.78, 5) is 11.5. The van der Waals surface area contributed by atoms with Gasteiger partial charge in [0.05, 0.1) is 6.04 Å². The lowest BCUT2D eigenvalue weighted by molar-refractivity contribution is -0.122. The molecule has 1 rings (SSSR count). The molecule has 1 atom stereocenters. The molecule has 1 fully saturated rings. The van der Waals surface area contributed by atoms with Crippen LogP contribution in [0.5, 0.6) is 0 Å². The maximum Gasteiger partial charge on any atom is 0.236 e. The quantitative estimate of drug-likeness (QED) is 0.664. The van der Waals surface area contributed by atoms with Crippen LogP contribution in [0.2, 0.25) is 0 Å². The van der Waals surface area contributed by atoms with Gasteiger partial charge in [0.2, 0.25) is 5.91 Å². The second kappa shape index (κ2) is 6.97. The summed E-state index contributed by atoms with van der Waals surface area (Å²) in [6.07, 6.45) is 5.96. The highest BCUT2D eigenvalue weighted by Gasteiger charge is 2.33. The van der Waals surface area contributed by atoms with Gasteiger partial charge < -0.3 is 15.8 Å². The van der Waals surface area contributed by atoms with E-state index in [9.17, 15) is 4.79 Å². The minimum absolute atomic E-state index is 0.0484. The zero-order valence-corrected chi connectivity index (χ0v) is 11.1. The summed E-state index contributed by atoms with van der Waals surface area (Å²) in [5.74, 6) is -0.0484. The van der Waals surface area contributed by atoms with Crippen molar-refractivity contribution in [2.24, 2.45) is 11.1 Å². The van der Waals surface area contributed by atoms with Gasteiger partial charge in [-0.1, -0.05) is 12.8 Å². The molecule has 1 aliphatic rings. The molecule has 1 saturated carbocycles. The highest BCUT2D eigenvalue weighted by molar-refractivity contribution is 5.80. The van der Waals surface area contributed by atoms with Crippen molar-refractivity contribution in [1.29, 1.82) is 0 Å². The first-order chi connectivity index (χ1) is 8.09. The number of hydrogen-bond donors (Lipinski definition) is 2. The van der Waals surface area contributed by atoms with E-state index >= 15 is 0 Å². The Bertz CT molecular complexity index is 236. The predicted octanol–water partition coefficient (Wildman–Crippen LogP) is 1.44. The summed E-state index contributed by atoms with van der Waals surface area (Å²) in [6, 6.07) is -0.416. The Morgan fingerprint density at radius 1 is 1.47 bits per heavy atom. The lowest BCUT2D eigenvalue weighted by Crippen LogP contribution is -2.43. The summed E-state index contributed by atoms with van der Waals surface area (Å²) in [5.41, 5.74) is 5.80. The molecule has 1 aliphatic carbocycles. The van der Waals surface area contributed by atoms with E-state index in [0.717, 1.165) is 26.2 Å². The van der Waals surface area contributed by atoms with Crippen molar-refractivity contribution in [1.82, 2.24) is 5.32 Å². The zero-order chi connectivity index (χ0) is 12.7. The van der Waals surface area contributed by atoms with Crippen LogP contribution in [-0.2, 0) is 9.53 Å². The first kappa shape index (κ1) is 14.5. The topological polar surface area (TPSA) is 64.3 Å². The maximum absolute atomic E-state index is 11.5. The average molecular weight is 242 g/mol. The molecule has 0 unspecified atom stereocenters. The van der Waals surface area contributed by atoms with Crippen molar-refractivity contribution < 1.29 is 9.53 Å². The first-order valence-electron chi connectivity index (χ1n) is 6.71. The third-order valence-corrected chi connectivity index (χ3v) is 3.70. The molecular weight excluding hydrogens is 216 g/mol. The number of carbonyl (C=O) groups excluding carboxylic acids is 1. The van der Waals surface area contributed by atoms with E-state index in [4.69, 9.17) is 10.5 Å². The van der Waals surface area contributed by atoms with Gasteiger partial charge >= 0.3 is 0 Å². The molecule has 0 spiro atoms. The molecule has 100 valence electrons. The second-order valence-corrected chi connectivity index (χ2v) is 5.16. The highest BCUT2D eigenvalue weighted by atomic mass is 16.5. The summed E-state index contributed by atoms with van der Waals surface area (Å²) in [7, 11) is 0. The van der Waals surface area contributed by atoms with Crippen LogP contribution in [0, 0.1) is 5.41 Å². The van der Waals surface area contributed by atoms with E-state index in [1.54, 1.807) is 6.92 Å². The van der Waals surface area contributed by atoms with Crippen LogP contribution in [0.25, 0.3) is 0 Å². The predicted molar refractivity (Wildman–Crippen MR) is 68.7 cm³/mol. The van der Waals surface area contributed by atoms with Crippen LogP contribution in [-0.4, -0.2) is 31.7 Å². The molecule has 0 aromatic heterocycles. The molecule has 0 heterocycles. The van der Waals surface area contributed by atoms with E-state index in [1.807, 2.05) is 6.92 Å². The summed E-state index contributed by atoms with van der Waals surface area (Å²) in [5, 5.41) is 2.97. The number of hydrogen-bond acceptors (Lipinski definition) is 3. The van der Waals surface area contributed by atoms with E-state index in [2.05, 4.69) is 5.32 Å². The van der Waals surface area contributed by atoms with Crippen molar-refractivity contribution in [3.63, 3.8) is 0 Å². The van der Waals surface area contributed by atoms with Gasteiger partial charge in [0.15, 0.2) is 0 Å². The van der Waals surface area contributed by atoms with Crippen molar-refractivity contribution in [3.8, 4) is 0 Å². The summed E-state index contributed by atoms with van der Waals surface area (Å²) < 4.78 is 5.44. The van der Waals surface area contributed by atoms with Crippen molar-refractivity contribution in [2.45, 2.75) is 52.0 Å². The van der Waals surface area contributed by atoms with Gasteiger partial charge in [-0.25, -0.2) is 0 Å². The van der Waals surface area contributed by atoms with Crippen LogP contribution >= 0.6 is 0 Å². The molecule has 0 saturated heterocycles. The third-order valence-electron chi connectivity index (χ3n) is 3.70. The largest absolute Gasteiger partial charge is 0.382 e. The van der Waals surface area contributed by atoms with Gasteiger partial charge in [0, 0.05) is 19.8 Å². The van der Waals surface area contributed by atoms with Crippen molar-refractivity contribution in [2.75, 3.05) is 19.8 Å². The Labute approximate surface area is 104 Å². The van der Waals surface area contributed by atoms with Crippen LogP contribution in [0.4, 0.5) is 0 Å². The van der Waals surface area contributed by atoms with Gasteiger partial charge in [0.25, 0.3) is 0 Å². The molecule has 1 amide bonds. The Morgan fingerprint density at radius 2 is 2.12 bits per heavy atom. The Hall–Kier alpha value is -0.610. The molecule has 4 heteroatoms. The molecule has 0 bridgehead atoms. The van der Waals surface area contributed by atoms with Crippen LogP contribution in [0.1, 0.15) is 46.0 Å². The van der Waals surface area contributed by atoms with E-state index < -0.39 is 6.04 Å². The van der Waals surface area contributed by atoms with Gasteiger partial charge in [-0.05, 0) is 38.5 Å². The van der Waals surface area contributed by atoms with E-state index in [0.29, 0.717) is 0 Å². The molecular formula is C13H26N2O2. The normalized spacial score (nSPS) is 20.2. The number of ether oxygens (including phenoxy) is 1. The smallest absolute Gasteiger partial charge is 0.236 e. The fourth-order valence-corrected chi connectivity index (χ4v) is 2.51. The molecule has 0 aromatic rings. The molecule has 0 radical (unpaired) electrons. The Morgan fingerprint density at radius 3 is 2.65 bits per heavy atom. The monoisotopic (exact) mass is 242 g/mol. The third kappa shape index (κ3) is 4.64. The number of rotatable bonds is 7. The lowest BCUT2D eigenvalue weighted by Gasteiger charge is -2.29. The fourth-order valence-electron chi connectivity index (χ4n) is 2.51. The fraction of sp³-hybridized carbons (Fsp3) is 0.923. The summed E-state index contributed by atoms with van der Waals surface area (Å²) in [6.45, 7) is 6.04. The van der Waals surface area contributed by atoms with Gasteiger partial charge in [-0.15, -0.1) is 0 Å². The van der Waals surface area contributed by atoms with E-state index in [-0.39, 0.29) is 11.3 Å². The van der Waals surface area contributed by atoms with Crippen LogP contribution < -0.4 is 11.1 Å². The molecule has 0 aliphatic heterocycles. The minimum atomic E-state index is -0.416. The number of nitrogens with two attached hydrogens (primary N) is 1. The minimum Gasteiger partial charge on any atom is -0.382 e. The highest BCUT2D eigenvalue weighted by Crippen LogP contribution is 2.40. The first-order valence-corrected chi connectivity index (χ1v) is 6.71. The van der Waals surface area contributed by atoms with Gasteiger partial charge in [-0.2, -0.15) is 0 Å². The zero-order valence-electron chi connectivity index (χ0n) is 11.1. The number of carbonyl (C=O) groups is 1. The molecule has 0 aromatic carbocycles. The number of amides is 1. The van der Waals surface area contributed by atoms with Crippen LogP contribution in [0.3, 0.4) is 0 Å². The average Bonchev–Trinajstić information content (AvgIpc) is 2.75. The second-order valence-electron chi connectivity index (χ2n) is 5.16. The van der Waals surface area contributed by atoms with Crippen molar-refractivity contribution in [3.05, 3.63) is 0 Å². The summed E-state index contributed by atoms with van der Waals surface area (Å²) >= 11 is 0. The van der Waals surface area contributed by atoms with Crippen molar-refractivity contribution >= 4 is 5.91 Å². The Kier molecular flexibility index (Phi) is 5.92. The molecule has 4 nitrogen and oxygen atoms in total. The SMILES string of the molecule is CCOCCC1(CNC(=O)[C@@H](C)N)CCCC1. The molecule has 3 N–H and O–H groups in total. The van der Waals surface area contributed by atoms with Gasteiger partial charge in [0.1, 0.15) is 0 Å². The maximum atomic E-state index is 11.5. The van der Waals surface area contributed by atoms with E-state index in [1.165, 1.54) is 25.7 Å². The van der Waals surface area contributed by atoms with Crippen LogP contribution in [0.15, 0.2) is 0 Å². The number of nitrogens with one attached hydrogen (secondary N) is 1.